The van der Waals surface area contributed by atoms with Gasteiger partial charge in [0.05, 0.1) is 5.56 Å². The molecule has 1 aliphatic heterocycles. The van der Waals surface area contributed by atoms with Crippen molar-refractivity contribution in [2.75, 3.05) is 5.32 Å². The number of thioether (sulfide) groups is 1. The molecule has 0 unspecified atom stereocenters. The summed E-state index contributed by atoms with van der Waals surface area (Å²) in [7, 11) is 0. The van der Waals surface area contributed by atoms with Gasteiger partial charge in [-0.1, -0.05) is 71.4 Å². The van der Waals surface area contributed by atoms with Gasteiger partial charge in [0.25, 0.3) is 5.56 Å². The van der Waals surface area contributed by atoms with Crippen LogP contribution in [0.3, 0.4) is 0 Å². The van der Waals surface area contributed by atoms with Crippen molar-refractivity contribution in [3.8, 4) is 0 Å². The van der Waals surface area contributed by atoms with E-state index >= 15 is 0 Å². The maximum absolute atomic E-state index is 13.3. The number of H-pyrrole nitrogens is 1. The Morgan fingerprint density at radius 1 is 1.09 bits per heavy atom. The van der Waals surface area contributed by atoms with Gasteiger partial charge in [-0.25, -0.2) is 4.98 Å². The SMILES string of the molecule is Cc1ccc([C@H]2C3=C(CCCC3=O)Nc3nc(SCc4ccccc4Cl)[nH]c(=O)c32)cc1. The Morgan fingerprint density at radius 3 is 2.66 bits per heavy atom. The Morgan fingerprint density at radius 2 is 1.88 bits per heavy atom. The smallest absolute Gasteiger partial charge is 0.257 e. The molecule has 162 valence electrons. The highest BCUT2D eigenvalue weighted by atomic mass is 35.5. The Kier molecular flexibility index (Phi) is 5.66. The van der Waals surface area contributed by atoms with E-state index in [1.807, 2.05) is 55.5 Å². The van der Waals surface area contributed by atoms with Crippen LogP contribution in [0.25, 0.3) is 0 Å². The highest BCUT2D eigenvalue weighted by Gasteiger charge is 2.37. The Labute approximate surface area is 195 Å². The molecule has 0 fully saturated rings. The van der Waals surface area contributed by atoms with Gasteiger partial charge in [-0.15, -0.1) is 0 Å². The molecule has 1 aromatic heterocycles. The number of Topliss-reactive ketones (excluding diaryl/α,β-unsaturated/α-hetero) is 1. The molecule has 0 spiro atoms. The molecule has 2 heterocycles. The van der Waals surface area contributed by atoms with Crippen LogP contribution < -0.4 is 10.9 Å². The van der Waals surface area contributed by atoms with Crippen molar-refractivity contribution in [1.82, 2.24) is 9.97 Å². The Hall–Kier alpha value is -2.83. The van der Waals surface area contributed by atoms with Crippen LogP contribution in [0.1, 0.15) is 47.4 Å². The summed E-state index contributed by atoms with van der Waals surface area (Å²) in [6, 6.07) is 15.7. The number of aromatic amines is 1. The van der Waals surface area contributed by atoms with E-state index in [4.69, 9.17) is 16.6 Å². The van der Waals surface area contributed by atoms with Crippen LogP contribution in [0.4, 0.5) is 5.82 Å². The molecular weight excluding hydrogens is 442 g/mol. The molecule has 5 rings (SSSR count). The average molecular weight is 464 g/mol. The fraction of sp³-hybridized carbons (Fsp3) is 0.240. The first-order valence-corrected chi connectivity index (χ1v) is 12.0. The minimum absolute atomic E-state index is 0.103. The lowest BCUT2D eigenvalue weighted by atomic mass is 9.76. The predicted octanol–water partition coefficient (Wildman–Crippen LogP) is 5.59. The first kappa shape index (κ1) is 21.0. The number of carbonyl (C=O) groups excluding carboxylic acids is 1. The lowest BCUT2D eigenvalue weighted by molar-refractivity contribution is -0.116. The fourth-order valence-corrected chi connectivity index (χ4v) is 5.51. The third-order valence-electron chi connectivity index (χ3n) is 5.97. The predicted molar refractivity (Wildman–Crippen MR) is 128 cm³/mol. The average Bonchev–Trinajstić information content (AvgIpc) is 2.78. The number of halogens is 1. The number of nitrogens with zero attached hydrogens (tertiary/aromatic N) is 1. The molecule has 2 aromatic carbocycles. The third kappa shape index (κ3) is 3.89. The summed E-state index contributed by atoms with van der Waals surface area (Å²) in [4.78, 5) is 33.9. The van der Waals surface area contributed by atoms with Crippen LogP contribution in [-0.2, 0) is 10.5 Å². The van der Waals surface area contributed by atoms with E-state index in [1.165, 1.54) is 11.8 Å². The van der Waals surface area contributed by atoms with Gasteiger partial charge in [0.1, 0.15) is 5.82 Å². The van der Waals surface area contributed by atoms with Crippen LogP contribution in [0.2, 0.25) is 5.02 Å². The molecule has 2 aliphatic rings. The number of benzene rings is 2. The first-order valence-electron chi connectivity index (χ1n) is 10.6. The maximum Gasteiger partial charge on any atom is 0.257 e. The van der Waals surface area contributed by atoms with Crippen molar-refractivity contribution in [3.05, 3.63) is 97.4 Å². The first-order chi connectivity index (χ1) is 15.5. The number of allylic oxidation sites excluding steroid dienone is 2. The number of rotatable bonds is 4. The summed E-state index contributed by atoms with van der Waals surface area (Å²) in [5, 5.41) is 4.53. The van der Waals surface area contributed by atoms with E-state index in [1.54, 1.807) is 0 Å². The topological polar surface area (TPSA) is 74.8 Å². The van der Waals surface area contributed by atoms with E-state index in [-0.39, 0.29) is 11.3 Å². The molecule has 0 saturated heterocycles. The van der Waals surface area contributed by atoms with Crippen molar-refractivity contribution in [2.24, 2.45) is 0 Å². The van der Waals surface area contributed by atoms with Crippen LogP contribution in [0.5, 0.6) is 0 Å². The molecule has 32 heavy (non-hydrogen) atoms. The van der Waals surface area contributed by atoms with Crippen molar-refractivity contribution in [3.63, 3.8) is 0 Å². The van der Waals surface area contributed by atoms with Gasteiger partial charge in [-0.3, -0.25) is 9.59 Å². The third-order valence-corrected chi connectivity index (χ3v) is 7.26. The number of nitrogens with one attached hydrogen (secondary N) is 2. The van der Waals surface area contributed by atoms with E-state index in [0.29, 0.717) is 39.3 Å². The summed E-state index contributed by atoms with van der Waals surface area (Å²) >= 11 is 7.70. The maximum atomic E-state index is 13.3. The number of carbonyl (C=O) groups is 1. The van der Waals surface area contributed by atoms with Crippen molar-refractivity contribution in [2.45, 2.75) is 43.0 Å². The zero-order valence-corrected chi connectivity index (χ0v) is 19.1. The van der Waals surface area contributed by atoms with Gasteiger partial charge in [0, 0.05) is 34.4 Å². The Bertz CT molecular complexity index is 1300. The second kappa shape index (κ2) is 8.60. The zero-order valence-electron chi connectivity index (χ0n) is 17.6. The van der Waals surface area contributed by atoms with Gasteiger partial charge in [0.15, 0.2) is 10.9 Å². The van der Waals surface area contributed by atoms with E-state index < -0.39 is 5.92 Å². The lowest BCUT2D eigenvalue weighted by Crippen LogP contribution is -2.32. The fourth-order valence-electron chi connectivity index (χ4n) is 4.36. The molecule has 1 aliphatic carbocycles. The summed E-state index contributed by atoms with van der Waals surface area (Å²) < 4.78 is 0. The molecule has 5 nitrogen and oxygen atoms in total. The number of ketones is 1. The monoisotopic (exact) mass is 463 g/mol. The van der Waals surface area contributed by atoms with Crippen molar-refractivity contribution in [1.29, 1.82) is 0 Å². The molecule has 3 aromatic rings. The second-order valence-electron chi connectivity index (χ2n) is 8.15. The van der Waals surface area contributed by atoms with Gasteiger partial charge in [-0.2, -0.15) is 0 Å². The summed E-state index contributed by atoms with van der Waals surface area (Å²) in [6.45, 7) is 2.02. The molecule has 1 atom stereocenters. The van der Waals surface area contributed by atoms with Crippen LogP contribution in [0.15, 0.2) is 69.8 Å². The van der Waals surface area contributed by atoms with E-state index in [0.717, 1.165) is 35.2 Å². The number of aromatic nitrogens is 2. The van der Waals surface area contributed by atoms with Crippen LogP contribution in [0, 0.1) is 6.92 Å². The molecule has 0 saturated carbocycles. The quantitative estimate of drug-likeness (QED) is 0.389. The molecule has 7 heteroatoms. The molecular formula is C25H22ClN3O2S. The standard InChI is InChI=1S/C25H22ClN3O2S/c1-14-9-11-15(12-10-14)20-21-18(7-4-8-19(21)30)27-23-22(20)24(31)29-25(28-23)32-13-16-5-2-3-6-17(16)26/h2-3,5-6,9-12,20H,4,7-8,13H2,1H3,(H2,27,28,29,31)/t20-/m0/s1. The highest BCUT2D eigenvalue weighted by molar-refractivity contribution is 7.98. The van der Waals surface area contributed by atoms with Gasteiger partial charge < -0.3 is 10.3 Å². The van der Waals surface area contributed by atoms with E-state index in [2.05, 4.69) is 10.3 Å². The largest absolute Gasteiger partial charge is 0.343 e. The number of hydrogen-bond acceptors (Lipinski definition) is 5. The minimum Gasteiger partial charge on any atom is -0.343 e. The van der Waals surface area contributed by atoms with E-state index in [9.17, 15) is 9.59 Å². The second-order valence-corrected chi connectivity index (χ2v) is 9.52. The van der Waals surface area contributed by atoms with Gasteiger partial charge in [0.2, 0.25) is 0 Å². The normalized spacial score (nSPS) is 17.6. The summed E-state index contributed by atoms with van der Waals surface area (Å²) in [5.74, 6) is 0.823. The van der Waals surface area contributed by atoms with Gasteiger partial charge in [-0.05, 0) is 37.0 Å². The molecule has 0 amide bonds. The summed E-state index contributed by atoms with van der Waals surface area (Å²) in [6.07, 6.45) is 2.09. The van der Waals surface area contributed by atoms with Crippen LogP contribution >= 0.6 is 23.4 Å². The Balaban J connectivity index is 1.56. The molecule has 2 N–H and O–H groups in total. The lowest BCUT2D eigenvalue weighted by Gasteiger charge is -2.32. The molecule has 0 bridgehead atoms. The number of anilines is 1. The summed E-state index contributed by atoms with van der Waals surface area (Å²) in [5.41, 5.74) is 4.92. The van der Waals surface area contributed by atoms with Crippen LogP contribution in [-0.4, -0.2) is 15.8 Å². The highest BCUT2D eigenvalue weighted by Crippen LogP contribution is 2.43. The number of hydrogen-bond donors (Lipinski definition) is 2. The van der Waals surface area contributed by atoms with Gasteiger partial charge >= 0.3 is 0 Å². The van der Waals surface area contributed by atoms with Crippen molar-refractivity contribution < 1.29 is 4.79 Å². The molecule has 0 radical (unpaired) electrons. The minimum atomic E-state index is -0.409. The zero-order chi connectivity index (χ0) is 22.2. The number of aryl methyl sites for hydroxylation is 1. The van der Waals surface area contributed by atoms with Crippen molar-refractivity contribution >= 4 is 35.0 Å². The number of fused-ring (bicyclic) bond motifs is 1.